The van der Waals surface area contributed by atoms with Crippen molar-refractivity contribution in [3.63, 3.8) is 0 Å². The van der Waals surface area contributed by atoms with Crippen LogP contribution in [0.3, 0.4) is 0 Å². The van der Waals surface area contributed by atoms with Gasteiger partial charge in [0.25, 0.3) is 5.91 Å². The van der Waals surface area contributed by atoms with Crippen LogP contribution in [0.25, 0.3) is 0 Å². The van der Waals surface area contributed by atoms with E-state index in [9.17, 15) is 9.59 Å². The zero-order chi connectivity index (χ0) is 21.5. The molecule has 1 saturated heterocycles. The number of amides is 2. The van der Waals surface area contributed by atoms with Gasteiger partial charge in [-0.15, -0.1) is 0 Å². The van der Waals surface area contributed by atoms with Gasteiger partial charge in [-0.2, -0.15) is 0 Å². The second-order valence-electron chi connectivity index (χ2n) is 7.89. The number of anilines is 1. The Morgan fingerprint density at radius 3 is 2.40 bits per heavy atom. The van der Waals surface area contributed by atoms with Gasteiger partial charge in [0.15, 0.2) is 6.61 Å². The molecule has 1 N–H and O–H groups in total. The number of carbonyl (C=O) groups excluding carboxylic acids is 2. The second-order valence-corrected chi connectivity index (χ2v) is 7.89. The Morgan fingerprint density at radius 2 is 1.77 bits per heavy atom. The fourth-order valence-corrected chi connectivity index (χ4v) is 3.50. The summed E-state index contributed by atoms with van der Waals surface area (Å²) < 4.78 is 11.2. The first-order chi connectivity index (χ1) is 14.4. The number of rotatable bonds is 7. The zero-order valence-electron chi connectivity index (χ0n) is 17.9. The molecule has 2 aromatic rings. The van der Waals surface area contributed by atoms with E-state index in [1.807, 2.05) is 69.3 Å². The summed E-state index contributed by atoms with van der Waals surface area (Å²) in [7, 11) is 0. The highest BCUT2D eigenvalue weighted by molar-refractivity contribution is 5.93. The monoisotopic (exact) mass is 410 g/mol. The molecule has 1 heterocycles. The van der Waals surface area contributed by atoms with Crippen molar-refractivity contribution in [1.29, 1.82) is 0 Å². The van der Waals surface area contributed by atoms with Crippen molar-refractivity contribution < 1.29 is 19.1 Å². The number of para-hydroxylation sites is 1. The number of hydrogen-bond acceptors (Lipinski definition) is 4. The number of ether oxygens (including phenoxy) is 2. The van der Waals surface area contributed by atoms with Gasteiger partial charge in [0.2, 0.25) is 5.91 Å². The highest BCUT2D eigenvalue weighted by atomic mass is 16.5. The molecule has 1 aliphatic heterocycles. The molecular formula is C24H30N2O4. The predicted molar refractivity (Wildman–Crippen MR) is 117 cm³/mol. The Morgan fingerprint density at radius 1 is 1.07 bits per heavy atom. The second kappa shape index (κ2) is 10.1. The summed E-state index contributed by atoms with van der Waals surface area (Å²) in [6.45, 7) is 7.07. The third kappa shape index (κ3) is 5.99. The van der Waals surface area contributed by atoms with E-state index in [0.717, 1.165) is 17.0 Å². The first kappa shape index (κ1) is 21.7. The van der Waals surface area contributed by atoms with Gasteiger partial charge >= 0.3 is 0 Å². The van der Waals surface area contributed by atoms with Gasteiger partial charge in [0.05, 0.1) is 6.10 Å². The van der Waals surface area contributed by atoms with Crippen molar-refractivity contribution in [3.05, 3.63) is 54.1 Å². The van der Waals surface area contributed by atoms with Crippen molar-refractivity contribution in [2.45, 2.75) is 39.7 Å². The van der Waals surface area contributed by atoms with Crippen molar-refractivity contribution in [2.24, 2.45) is 5.92 Å². The molecule has 6 heteroatoms. The number of carbonyl (C=O) groups is 2. The average Bonchev–Trinajstić information content (AvgIpc) is 2.74. The molecule has 0 bridgehead atoms. The minimum absolute atomic E-state index is 0.00302. The minimum atomic E-state index is -0.102. The molecule has 0 radical (unpaired) electrons. The number of benzene rings is 2. The number of nitrogens with one attached hydrogen (secondary N) is 1. The van der Waals surface area contributed by atoms with E-state index in [1.54, 1.807) is 4.90 Å². The first-order valence-electron chi connectivity index (χ1n) is 10.5. The fourth-order valence-electron chi connectivity index (χ4n) is 3.50. The molecule has 0 saturated carbocycles. The normalized spacial score (nSPS) is 14.5. The summed E-state index contributed by atoms with van der Waals surface area (Å²) in [4.78, 5) is 26.9. The highest BCUT2D eigenvalue weighted by Crippen LogP contribution is 2.25. The summed E-state index contributed by atoms with van der Waals surface area (Å²) in [6, 6.07) is 15.0. The number of aryl methyl sites for hydroxylation is 1. The van der Waals surface area contributed by atoms with Crippen molar-refractivity contribution >= 4 is 17.5 Å². The van der Waals surface area contributed by atoms with E-state index in [-0.39, 0.29) is 30.4 Å². The minimum Gasteiger partial charge on any atom is -0.491 e. The number of likely N-dealkylation sites (tertiary alicyclic amines) is 1. The lowest BCUT2D eigenvalue weighted by atomic mass is 9.95. The summed E-state index contributed by atoms with van der Waals surface area (Å²) in [6.07, 6.45) is 1.41. The Balaban J connectivity index is 1.46. The smallest absolute Gasteiger partial charge is 0.260 e. The summed E-state index contributed by atoms with van der Waals surface area (Å²) >= 11 is 0. The van der Waals surface area contributed by atoms with Crippen LogP contribution in [0.2, 0.25) is 0 Å². The molecule has 2 amide bonds. The number of piperidine rings is 1. The van der Waals surface area contributed by atoms with E-state index in [2.05, 4.69) is 5.32 Å². The maximum Gasteiger partial charge on any atom is 0.260 e. The van der Waals surface area contributed by atoms with E-state index in [0.29, 0.717) is 31.7 Å². The van der Waals surface area contributed by atoms with Gasteiger partial charge in [-0.25, -0.2) is 0 Å². The molecule has 0 unspecified atom stereocenters. The molecular weight excluding hydrogens is 380 g/mol. The molecule has 160 valence electrons. The van der Waals surface area contributed by atoms with Gasteiger partial charge in [-0.3, -0.25) is 9.59 Å². The first-order valence-corrected chi connectivity index (χ1v) is 10.5. The van der Waals surface area contributed by atoms with Crippen LogP contribution >= 0.6 is 0 Å². The summed E-state index contributed by atoms with van der Waals surface area (Å²) in [5.41, 5.74) is 1.76. The Hall–Kier alpha value is -3.02. The van der Waals surface area contributed by atoms with Crippen molar-refractivity contribution in [1.82, 2.24) is 4.90 Å². The maximum absolute atomic E-state index is 12.7. The molecule has 2 aromatic carbocycles. The molecule has 0 aliphatic carbocycles. The van der Waals surface area contributed by atoms with Gasteiger partial charge < -0.3 is 19.7 Å². The molecule has 1 fully saturated rings. The lowest BCUT2D eigenvalue weighted by Gasteiger charge is -2.31. The van der Waals surface area contributed by atoms with Crippen LogP contribution in [-0.4, -0.2) is 42.5 Å². The van der Waals surface area contributed by atoms with Crippen LogP contribution in [0, 0.1) is 12.8 Å². The summed E-state index contributed by atoms with van der Waals surface area (Å²) in [5, 5.41) is 3.03. The van der Waals surface area contributed by atoms with Gasteiger partial charge in [-0.1, -0.05) is 18.2 Å². The third-order valence-corrected chi connectivity index (χ3v) is 5.15. The fraction of sp³-hybridized carbons (Fsp3) is 0.417. The quantitative estimate of drug-likeness (QED) is 0.748. The van der Waals surface area contributed by atoms with Crippen LogP contribution in [0.5, 0.6) is 11.5 Å². The zero-order valence-corrected chi connectivity index (χ0v) is 17.9. The molecule has 30 heavy (non-hydrogen) atoms. The third-order valence-electron chi connectivity index (χ3n) is 5.15. The van der Waals surface area contributed by atoms with Crippen LogP contribution < -0.4 is 14.8 Å². The Bertz CT molecular complexity index is 859. The standard InChI is InChI=1S/C24H30N2O4/c1-17(2)30-21-9-10-22(18(3)15-21)25-24(28)19-11-13-26(14-12-19)23(27)16-29-20-7-5-4-6-8-20/h4-10,15,17,19H,11-14,16H2,1-3H3,(H,25,28). The molecule has 0 spiro atoms. The van der Waals surface area contributed by atoms with Gasteiger partial charge in [-0.05, 0) is 69.5 Å². The molecule has 6 nitrogen and oxygen atoms in total. The van der Waals surface area contributed by atoms with Gasteiger partial charge in [0.1, 0.15) is 11.5 Å². The van der Waals surface area contributed by atoms with Crippen molar-refractivity contribution in [3.8, 4) is 11.5 Å². The predicted octanol–water partition coefficient (Wildman–Crippen LogP) is 4.04. The van der Waals surface area contributed by atoms with Crippen LogP contribution in [0.1, 0.15) is 32.3 Å². The summed E-state index contributed by atoms with van der Waals surface area (Å²) in [5.74, 6) is 1.33. The SMILES string of the molecule is Cc1cc(OC(C)C)ccc1NC(=O)C1CCN(C(=O)COc2ccccc2)CC1. The largest absolute Gasteiger partial charge is 0.491 e. The van der Waals surface area contributed by atoms with E-state index in [4.69, 9.17) is 9.47 Å². The van der Waals surface area contributed by atoms with E-state index < -0.39 is 0 Å². The van der Waals surface area contributed by atoms with Crippen LogP contribution in [-0.2, 0) is 9.59 Å². The maximum atomic E-state index is 12.7. The number of hydrogen-bond donors (Lipinski definition) is 1. The van der Waals surface area contributed by atoms with Crippen LogP contribution in [0.4, 0.5) is 5.69 Å². The highest BCUT2D eigenvalue weighted by Gasteiger charge is 2.27. The lowest BCUT2D eigenvalue weighted by molar-refractivity contribution is -0.136. The van der Waals surface area contributed by atoms with E-state index in [1.165, 1.54) is 0 Å². The Kier molecular flexibility index (Phi) is 7.33. The van der Waals surface area contributed by atoms with E-state index >= 15 is 0 Å². The van der Waals surface area contributed by atoms with Gasteiger partial charge in [0, 0.05) is 24.7 Å². The van der Waals surface area contributed by atoms with Crippen molar-refractivity contribution in [2.75, 3.05) is 25.0 Å². The molecule has 0 atom stereocenters. The molecule has 3 rings (SSSR count). The average molecular weight is 411 g/mol. The topological polar surface area (TPSA) is 67.9 Å². The lowest BCUT2D eigenvalue weighted by Crippen LogP contribution is -2.43. The Labute approximate surface area is 178 Å². The van der Waals surface area contributed by atoms with Crippen LogP contribution in [0.15, 0.2) is 48.5 Å². The number of nitrogens with zero attached hydrogens (tertiary/aromatic N) is 1. The molecule has 0 aromatic heterocycles. The molecule has 1 aliphatic rings.